The minimum absolute atomic E-state index is 0.145. The van der Waals surface area contributed by atoms with Crippen molar-refractivity contribution in [3.05, 3.63) is 29.3 Å². The summed E-state index contributed by atoms with van der Waals surface area (Å²) in [5.41, 5.74) is 4.66. The van der Waals surface area contributed by atoms with E-state index in [1.165, 1.54) is 12.8 Å². The van der Waals surface area contributed by atoms with Crippen LogP contribution in [0.15, 0.2) is 29.4 Å². The average Bonchev–Trinajstić information content (AvgIpc) is 3.40. The molecule has 3 N–H and O–H groups in total. The molecule has 2 amide bonds. The second kappa shape index (κ2) is 10.5. The Hall–Kier alpha value is -1.67. The van der Waals surface area contributed by atoms with Gasteiger partial charge in [0.25, 0.3) is 0 Å². The summed E-state index contributed by atoms with van der Waals surface area (Å²) in [4.78, 5) is 13.1. The van der Waals surface area contributed by atoms with E-state index in [1.807, 2.05) is 12.1 Å². The number of hydrazone groups is 1. The van der Waals surface area contributed by atoms with Crippen LogP contribution in [0.3, 0.4) is 0 Å². The largest absolute Gasteiger partial charge is 0.393 e. The minimum atomic E-state index is -0.502. The Bertz CT molecular complexity index is 1250. The zero-order valence-electron chi connectivity index (χ0n) is 25.6. The molecular weight excluding hydrogens is 550 g/mol. The van der Waals surface area contributed by atoms with E-state index in [2.05, 4.69) is 38.4 Å². The fourth-order valence-electron chi connectivity index (χ4n) is 11.0. The van der Waals surface area contributed by atoms with Crippen LogP contribution in [-0.2, 0) is 9.47 Å². The van der Waals surface area contributed by atoms with E-state index in [-0.39, 0.29) is 35.0 Å². The molecule has 7 nitrogen and oxygen atoms in total. The van der Waals surface area contributed by atoms with Gasteiger partial charge < -0.3 is 19.9 Å². The highest BCUT2D eigenvalue weighted by Crippen LogP contribution is 2.70. The predicted molar refractivity (Wildman–Crippen MR) is 164 cm³/mol. The van der Waals surface area contributed by atoms with Crippen molar-refractivity contribution in [2.75, 3.05) is 11.9 Å². The third-order valence-electron chi connectivity index (χ3n) is 13.2. The summed E-state index contributed by atoms with van der Waals surface area (Å²) in [6, 6.07) is 6.82. The zero-order valence-corrected chi connectivity index (χ0v) is 26.3. The number of fused-ring (bicyclic) bond motifs is 7. The number of nitrogens with one attached hydrogen (secondary N) is 2. The Morgan fingerprint density at radius 1 is 1.10 bits per heavy atom. The topological polar surface area (TPSA) is 92.2 Å². The monoisotopic (exact) mass is 597 g/mol. The van der Waals surface area contributed by atoms with Crippen LogP contribution >= 0.6 is 11.6 Å². The number of aliphatic hydroxyl groups excluding tert-OH is 1. The summed E-state index contributed by atoms with van der Waals surface area (Å²) in [5, 5.41) is 19.0. The highest BCUT2D eigenvalue weighted by Gasteiger charge is 2.71. The molecule has 0 bridgehead atoms. The molecule has 0 unspecified atom stereocenters. The zero-order chi connectivity index (χ0) is 29.4. The number of carbonyl (C=O) groups excluding carboxylic acids is 1. The van der Waals surface area contributed by atoms with Gasteiger partial charge in [-0.15, -0.1) is 0 Å². The first kappa shape index (κ1) is 29.1. The van der Waals surface area contributed by atoms with Crippen LogP contribution in [-0.4, -0.2) is 41.5 Å². The molecule has 230 valence electrons. The number of ether oxygens (including phenoxy) is 2. The number of benzene rings is 1. The van der Waals surface area contributed by atoms with Crippen LogP contribution in [0.4, 0.5) is 10.5 Å². The van der Waals surface area contributed by atoms with Crippen molar-refractivity contribution in [2.24, 2.45) is 57.4 Å². The van der Waals surface area contributed by atoms with E-state index in [0.717, 1.165) is 57.3 Å². The fraction of sp³-hybridized carbons (Fsp3) is 0.765. The summed E-state index contributed by atoms with van der Waals surface area (Å²) in [6.07, 6.45) is 9.24. The number of halogens is 1. The molecule has 7 rings (SSSR count). The van der Waals surface area contributed by atoms with Crippen molar-refractivity contribution >= 4 is 29.0 Å². The lowest BCUT2D eigenvalue weighted by Gasteiger charge is -2.61. The van der Waals surface area contributed by atoms with Gasteiger partial charge >= 0.3 is 6.03 Å². The van der Waals surface area contributed by atoms with Crippen molar-refractivity contribution in [2.45, 2.75) is 103 Å². The van der Waals surface area contributed by atoms with Crippen LogP contribution in [0.2, 0.25) is 5.02 Å². The lowest BCUT2D eigenvalue weighted by atomic mass is 9.44. The Balaban J connectivity index is 1.22. The Kier molecular flexibility index (Phi) is 7.24. The smallest absolute Gasteiger partial charge is 0.339 e. The molecule has 6 aliphatic rings. The average molecular weight is 598 g/mol. The van der Waals surface area contributed by atoms with E-state index >= 15 is 0 Å². The second-order valence-electron chi connectivity index (χ2n) is 15.2. The molecule has 2 saturated heterocycles. The van der Waals surface area contributed by atoms with Crippen molar-refractivity contribution in [3.8, 4) is 0 Å². The normalized spacial score (nSPS) is 48.7. The maximum absolute atomic E-state index is 13.1. The van der Waals surface area contributed by atoms with Crippen molar-refractivity contribution < 1.29 is 19.4 Å². The van der Waals surface area contributed by atoms with E-state index in [4.69, 9.17) is 26.2 Å². The molecule has 0 aromatic heterocycles. The Morgan fingerprint density at radius 2 is 1.93 bits per heavy atom. The first-order chi connectivity index (χ1) is 20.0. The lowest BCUT2D eigenvalue weighted by Crippen LogP contribution is -2.58. The van der Waals surface area contributed by atoms with Gasteiger partial charge in [0, 0.05) is 40.1 Å². The van der Waals surface area contributed by atoms with Gasteiger partial charge in [0.1, 0.15) is 0 Å². The van der Waals surface area contributed by atoms with Crippen molar-refractivity contribution in [1.29, 1.82) is 0 Å². The van der Waals surface area contributed by atoms with Crippen LogP contribution in [0.25, 0.3) is 0 Å². The van der Waals surface area contributed by atoms with Crippen molar-refractivity contribution in [1.82, 2.24) is 5.43 Å². The summed E-state index contributed by atoms with van der Waals surface area (Å²) in [6.45, 7) is 10.3. The number of amides is 2. The van der Waals surface area contributed by atoms with Crippen LogP contribution < -0.4 is 10.7 Å². The molecule has 4 saturated carbocycles. The third-order valence-corrected chi connectivity index (χ3v) is 13.4. The number of carbonyl (C=O) groups is 1. The quantitative estimate of drug-likeness (QED) is 0.313. The number of anilines is 1. The molecule has 1 aromatic rings. The fourth-order valence-corrected chi connectivity index (χ4v) is 11.2. The molecule has 0 radical (unpaired) electrons. The number of hydrogen-bond acceptors (Lipinski definition) is 5. The van der Waals surface area contributed by atoms with Crippen molar-refractivity contribution in [3.63, 3.8) is 0 Å². The molecule has 8 heteroatoms. The first-order valence-electron chi connectivity index (χ1n) is 16.4. The lowest BCUT2D eigenvalue weighted by molar-refractivity contribution is -0.272. The van der Waals surface area contributed by atoms with Gasteiger partial charge in [0.15, 0.2) is 5.79 Å². The summed E-state index contributed by atoms with van der Waals surface area (Å²) in [5.74, 6) is 2.71. The van der Waals surface area contributed by atoms with Gasteiger partial charge in [-0.05, 0) is 105 Å². The van der Waals surface area contributed by atoms with Gasteiger partial charge in [-0.1, -0.05) is 45.4 Å². The maximum Gasteiger partial charge on any atom is 0.339 e. The molecule has 1 spiro atoms. The Morgan fingerprint density at radius 3 is 2.69 bits per heavy atom. The highest BCUT2D eigenvalue weighted by atomic mass is 35.5. The first-order valence-corrected chi connectivity index (χ1v) is 16.8. The molecule has 42 heavy (non-hydrogen) atoms. The number of aliphatic hydroxyl groups is 1. The second-order valence-corrected chi connectivity index (χ2v) is 15.6. The van der Waals surface area contributed by atoms with Gasteiger partial charge in [0.2, 0.25) is 0 Å². The number of nitrogens with zero attached hydrogens (tertiary/aromatic N) is 1. The Labute approximate surface area is 255 Å². The summed E-state index contributed by atoms with van der Waals surface area (Å²) < 4.78 is 13.5. The number of urea groups is 1. The molecule has 2 heterocycles. The van der Waals surface area contributed by atoms with E-state index in [0.29, 0.717) is 46.2 Å². The van der Waals surface area contributed by atoms with Gasteiger partial charge in [-0.3, -0.25) is 0 Å². The van der Waals surface area contributed by atoms with E-state index in [1.54, 1.807) is 12.1 Å². The molecule has 6 fully saturated rings. The SMILES string of the molecule is C[C@@H]1CC[C@@]2(OC1)O[C@H]1C[C@H]3[C@@H]4CC[C@H]5C[C@@H](O)CC[C@]5(C)[C@H]4C/C(=N\NC(=O)Nc4cccc(Cl)c4)[C@]3(C)[C@H]1[C@@H]2C. The third kappa shape index (κ3) is 4.47. The molecular formula is C34H48ClN3O4. The highest BCUT2D eigenvalue weighted by molar-refractivity contribution is 6.30. The summed E-state index contributed by atoms with van der Waals surface area (Å²) >= 11 is 6.15. The van der Waals surface area contributed by atoms with Crippen LogP contribution in [0.5, 0.6) is 0 Å². The van der Waals surface area contributed by atoms with E-state index < -0.39 is 5.79 Å². The van der Waals surface area contributed by atoms with Gasteiger partial charge in [-0.2, -0.15) is 5.10 Å². The minimum Gasteiger partial charge on any atom is -0.393 e. The standard InChI is InChI=1S/C34H48ClN3O4/c1-19-10-13-34(41-18-19)20(2)30-28(42-34)16-27-25-9-8-21-14-24(39)11-12-32(21,3)26(25)17-29(33(27,30)4)37-38-31(40)36-23-7-5-6-22(35)15-23/h5-7,15,19-21,24-28,30,39H,8-14,16-18H2,1-4H3,(H2,36,38,40)/b37-29+/t19-,20+,21+,24+,25-,26+,27+,28+,30+,32+,33-,34-/m1/s1. The van der Waals surface area contributed by atoms with Gasteiger partial charge in [0.05, 0.1) is 18.8 Å². The molecule has 4 aliphatic carbocycles. The molecule has 1 aromatic carbocycles. The maximum atomic E-state index is 13.1. The predicted octanol–water partition coefficient (Wildman–Crippen LogP) is 7.23. The van der Waals surface area contributed by atoms with Crippen LogP contribution in [0, 0.1) is 52.3 Å². The number of hydrogen-bond donors (Lipinski definition) is 3. The van der Waals surface area contributed by atoms with Crippen LogP contribution in [0.1, 0.15) is 85.5 Å². The van der Waals surface area contributed by atoms with Gasteiger partial charge in [-0.25, -0.2) is 10.2 Å². The number of rotatable bonds is 2. The summed E-state index contributed by atoms with van der Waals surface area (Å²) in [7, 11) is 0. The van der Waals surface area contributed by atoms with E-state index in [9.17, 15) is 9.90 Å². The molecule has 12 atom stereocenters. The molecule has 2 aliphatic heterocycles.